The third-order valence-corrected chi connectivity index (χ3v) is 7.73. The summed E-state index contributed by atoms with van der Waals surface area (Å²) in [6.45, 7) is 2.40. The number of hydrogen-bond acceptors (Lipinski definition) is 6. The first-order valence-corrected chi connectivity index (χ1v) is 13.4. The molecule has 0 amide bonds. The summed E-state index contributed by atoms with van der Waals surface area (Å²) in [5.74, 6) is 0.571. The van der Waals surface area contributed by atoms with Crippen molar-refractivity contribution in [2.24, 2.45) is 0 Å². The molecule has 5 nitrogen and oxygen atoms in total. The van der Waals surface area contributed by atoms with Gasteiger partial charge in [-0.1, -0.05) is 55.5 Å². The Morgan fingerprint density at radius 1 is 0.921 bits per heavy atom. The number of aryl methyl sites for hydroxylation is 1. The van der Waals surface area contributed by atoms with E-state index in [0.717, 1.165) is 49.8 Å². The van der Waals surface area contributed by atoms with Gasteiger partial charge in [-0.15, -0.1) is 11.3 Å². The second-order valence-corrected chi connectivity index (χ2v) is 10.1. The molecule has 188 valence electrons. The van der Waals surface area contributed by atoms with Crippen LogP contribution in [-0.2, 0) is 13.0 Å². The molecule has 0 unspecified atom stereocenters. The van der Waals surface area contributed by atoms with E-state index in [0.29, 0.717) is 29.0 Å². The number of rotatable bonds is 7. The number of hydrogen-bond donors (Lipinski definition) is 2. The van der Waals surface area contributed by atoms with E-state index in [1.807, 2.05) is 60.8 Å². The fourth-order valence-corrected chi connectivity index (χ4v) is 5.81. The van der Waals surface area contributed by atoms with E-state index in [9.17, 15) is 10.2 Å². The summed E-state index contributed by atoms with van der Waals surface area (Å²) < 4.78 is 7.48. The van der Waals surface area contributed by atoms with Gasteiger partial charge in [0.2, 0.25) is 0 Å². The summed E-state index contributed by atoms with van der Waals surface area (Å²) in [6, 6.07) is 26.0. The number of fused-ring (bicyclic) bond motifs is 2. The maximum atomic E-state index is 10.5. The first-order valence-electron chi connectivity index (χ1n) is 12.5. The topological polar surface area (TPSA) is 75.5 Å². The first kappa shape index (κ1) is 24.2. The van der Waals surface area contributed by atoms with Crippen LogP contribution in [0.2, 0.25) is 0 Å². The first-order chi connectivity index (χ1) is 18.6. The standard InChI is InChI=1S/C32H26N2O3S/c1-2-21-12-13-28(37-18-20-7-5-8-22(15-20)23-9-6-14-33-17-23)30-25(32(35)36)16-27(34-31(21)30)26-19-38-29-11-4-3-10-24(26)29/h3-17,19,32,35-36H,2,18H2,1H3. The highest BCUT2D eigenvalue weighted by Crippen LogP contribution is 2.39. The Kier molecular flexibility index (Phi) is 6.60. The number of aliphatic hydroxyl groups is 2. The van der Waals surface area contributed by atoms with E-state index in [4.69, 9.17) is 9.72 Å². The second-order valence-electron chi connectivity index (χ2n) is 9.15. The number of aliphatic hydroxyl groups excluding tert-OH is 1. The van der Waals surface area contributed by atoms with Crippen LogP contribution in [0.1, 0.15) is 29.9 Å². The van der Waals surface area contributed by atoms with Crippen molar-refractivity contribution in [3.8, 4) is 28.1 Å². The summed E-state index contributed by atoms with van der Waals surface area (Å²) in [6.07, 6.45) is 2.68. The molecular weight excluding hydrogens is 492 g/mol. The van der Waals surface area contributed by atoms with Crippen molar-refractivity contribution in [1.82, 2.24) is 9.97 Å². The smallest absolute Gasteiger partial charge is 0.179 e. The van der Waals surface area contributed by atoms with Crippen molar-refractivity contribution >= 4 is 32.3 Å². The third kappa shape index (κ3) is 4.54. The fourth-order valence-electron chi connectivity index (χ4n) is 4.85. The molecule has 3 aromatic carbocycles. The number of benzene rings is 3. The number of thiophene rings is 1. The van der Waals surface area contributed by atoms with Gasteiger partial charge in [-0.05, 0) is 59.0 Å². The van der Waals surface area contributed by atoms with E-state index in [1.54, 1.807) is 23.6 Å². The average molecular weight is 519 g/mol. The molecule has 0 atom stereocenters. The van der Waals surface area contributed by atoms with Gasteiger partial charge in [0, 0.05) is 39.0 Å². The Bertz CT molecular complexity index is 1750. The molecule has 6 aromatic rings. The highest BCUT2D eigenvalue weighted by Gasteiger charge is 2.20. The minimum Gasteiger partial charge on any atom is -0.488 e. The summed E-state index contributed by atoms with van der Waals surface area (Å²) in [5.41, 5.74) is 6.93. The SMILES string of the molecule is CCc1ccc(OCc2cccc(-c3cccnc3)c2)c2c(C(O)O)cc(-c3csc4ccccc34)nc12. The van der Waals surface area contributed by atoms with Crippen LogP contribution in [0.25, 0.3) is 43.4 Å². The van der Waals surface area contributed by atoms with Gasteiger partial charge in [-0.2, -0.15) is 0 Å². The van der Waals surface area contributed by atoms with E-state index < -0.39 is 6.29 Å². The van der Waals surface area contributed by atoms with Gasteiger partial charge in [0.1, 0.15) is 12.4 Å². The highest BCUT2D eigenvalue weighted by atomic mass is 32.1. The average Bonchev–Trinajstić information content (AvgIpc) is 3.40. The Morgan fingerprint density at radius 2 is 1.79 bits per heavy atom. The quantitative estimate of drug-likeness (QED) is 0.217. The molecule has 2 N–H and O–H groups in total. The van der Waals surface area contributed by atoms with Crippen molar-refractivity contribution in [2.75, 3.05) is 0 Å². The molecule has 38 heavy (non-hydrogen) atoms. The lowest BCUT2D eigenvalue weighted by Gasteiger charge is -2.17. The van der Waals surface area contributed by atoms with Gasteiger partial charge >= 0.3 is 0 Å². The van der Waals surface area contributed by atoms with E-state index in [2.05, 4.69) is 35.5 Å². The molecule has 0 fully saturated rings. The van der Waals surface area contributed by atoms with Gasteiger partial charge in [-0.25, -0.2) is 4.98 Å². The zero-order valence-electron chi connectivity index (χ0n) is 20.8. The van der Waals surface area contributed by atoms with Crippen LogP contribution in [0.4, 0.5) is 0 Å². The summed E-state index contributed by atoms with van der Waals surface area (Å²) in [4.78, 5) is 9.27. The lowest BCUT2D eigenvalue weighted by Crippen LogP contribution is -2.04. The van der Waals surface area contributed by atoms with Crippen LogP contribution >= 0.6 is 11.3 Å². The highest BCUT2D eigenvalue weighted by molar-refractivity contribution is 7.17. The van der Waals surface area contributed by atoms with E-state index in [1.165, 1.54) is 0 Å². The lowest BCUT2D eigenvalue weighted by atomic mass is 9.99. The number of nitrogens with zero attached hydrogens (tertiary/aromatic N) is 2. The van der Waals surface area contributed by atoms with Gasteiger partial charge in [0.15, 0.2) is 6.29 Å². The minimum absolute atomic E-state index is 0.326. The molecule has 0 aliphatic carbocycles. The normalized spacial score (nSPS) is 11.5. The molecule has 0 saturated carbocycles. The Morgan fingerprint density at radius 3 is 2.61 bits per heavy atom. The molecule has 0 saturated heterocycles. The zero-order chi connectivity index (χ0) is 26.1. The number of pyridine rings is 2. The lowest BCUT2D eigenvalue weighted by molar-refractivity contribution is -0.0414. The Hall–Kier alpha value is -4.10. The molecule has 0 aliphatic rings. The molecule has 0 radical (unpaired) electrons. The monoisotopic (exact) mass is 518 g/mol. The maximum absolute atomic E-state index is 10.5. The van der Waals surface area contributed by atoms with Crippen molar-refractivity contribution < 1.29 is 14.9 Å². The third-order valence-electron chi connectivity index (χ3n) is 6.77. The van der Waals surface area contributed by atoms with Crippen molar-refractivity contribution in [3.05, 3.63) is 113 Å². The molecule has 3 aromatic heterocycles. The Balaban J connectivity index is 1.42. The van der Waals surface area contributed by atoms with Crippen LogP contribution < -0.4 is 4.74 Å². The zero-order valence-corrected chi connectivity index (χ0v) is 21.7. The fraction of sp³-hybridized carbons (Fsp3) is 0.125. The summed E-state index contributed by atoms with van der Waals surface area (Å²) in [7, 11) is 0. The molecular formula is C32H26N2O3S. The van der Waals surface area contributed by atoms with Gasteiger partial charge < -0.3 is 14.9 Å². The minimum atomic E-state index is -1.67. The summed E-state index contributed by atoms with van der Waals surface area (Å²) >= 11 is 1.65. The van der Waals surface area contributed by atoms with Crippen LogP contribution in [0.15, 0.2) is 96.6 Å². The molecule has 0 bridgehead atoms. The van der Waals surface area contributed by atoms with Gasteiger partial charge in [0.25, 0.3) is 0 Å². The predicted octanol–water partition coefficient (Wildman–Crippen LogP) is 7.30. The molecule has 0 spiro atoms. The maximum Gasteiger partial charge on any atom is 0.179 e. The van der Waals surface area contributed by atoms with Crippen LogP contribution in [0, 0.1) is 0 Å². The molecule has 3 heterocycles. The van der Waals surface area contributed by atoms with E-state index >= 15 is 0 Å². The van der Waals surface area contributed by atoms with E-state index in [-0.39, 0.29) is 0 Å². The summed E-state index contributed by atoms with van der Waals surface area (Å²) in [5, 5.41) is 24.7. The van der Waals surface area contributed by atoms with Gasteiger partial charge in [-0.3, -0.25) is 4.98 Å². The van der Waals surface area contributed by atoms with Crippen molar-refractivity contribution in [1.29, 1.82) is 0 Å². The van der Waals surface area contributed by atoms with Crippen LogP contribution in [-0.4, -0.2) is 20.2 Å². The number of aromatic nitrogens is 2. The number of ether oxygens (including phenoxy) is 1. The van der Waals surface area contributed by atoms with Gasteiger partial charge in [0.05, 0.1) is 16.6 Å². The predicted molar refractivity (Wildman–Crippen MR) is 153 cm³/mol. The molecule has 6 rings (SSSR count). The second kappa shape index (κ2) is 10.3. The van der Waals surface area contributed by atoms with Crippen molar-refractivity contribution in [2.45, 2.75) is 26.2 Å². The van der Waals surface area contributed by atoms with Crippen molar-refractivity contribution in [3.63, 3.8) is 0 Å². The molecule has 0 aliphatic heterocycles. The largest absolute Gasteiger partial charge is 0.488 e. The van der Waals surface area contributed by atoms with Crippen LogP contribution in [0.3, 0.4) is 0 Å². The Labute approximate surface area is 224 Å². The molecule has 6 heteroatoms. The van der Waals surface area contributed by atoms with Crippen LogP contribution in [0.5, 0.6) is 5.75 Å².